The molecule has 0 saturated carbocycles. The molecule has 0 saturated heterocycles. The Balaban J connectivity index is 2.50. The van der Waals surface area contributed by atoms with Gasteiger partial charge < -0.3 is 0 Å². The van der Waals surface area contributed by atoms with Gasteiger partial charge >= 0.3 is 5.76 Å². The lowest BCUT2D eigenvalue weighted by molar-refractivity contribution is 0.381. The summed E-state index contributed by atoms with van der Waals surface area (Å²) in [4.78, 5) is 15.1. The van der Waals surface area contributed by atoms with Crippen LogP contribution in [-0.2, 0) is 6.42 Å². The molecule has 1 aromatic heterocycles. The van der Waals surface area contributed by atoms with Crippen LogP contribution in [0.15, 0.2) is 9.32 Å². The Hall–Kier alpha value is -0.810. The van der Waals surface area contributed by atoms with Gasteiger partial charge in [0.25, 0.3) is 0 Å². The summed E-state index contributed by atoms with van der Waals surface area (Å²) >= 11 is 5.16. The standard InChI is InChI=1S/C4H6ClN3O2/c5-6-2-1-3-7-4(9)10-8-3/h6H,1-2H2,(H,7,8,9). The smallest absolute Gasteiger partial charge is 0.296 e. The summed E-state index contributed by atoms with van der Waals surface area (Å²) in [6.45, 7) is 0.546. The SMILES string of the molecule is O=c1[nH]c(CCNCl)no1. The van der Waals surface area contributed by atoms with E-state index in [-0.39, 0.29) is 0 Å². The normalized spacial score (nSPS) is 10.1. The number of hydrogen-bond acceptors (Lipinski definition) is 4. The summed E-state index contributed by atoms with van der Waals surface area (Å²) in [6, 6.07) is 0. The van der Waals surface area contributed by atoms with E-state index in [9.17, 15) is 4.79 Å². The third kappa shape index (κ3) is 1.85. The molecule has 0 spiro atoms. The van der Waals surface area contributed by atoms with Gasteiger partial charge in [0.15, 0.2) is 5.82 Å². The Bertz CT molecular complexity index is 243. The summed E-state index contributed by atoms with van der Waals surface area (Å²) in [6.07, 6.45) is 0.551. The van der Waals surface area contributed by atoms with Gasteiger partial charge in [-0.3, -0.25) is 9.51 Å². The van der Waals surface area contributed by atoms with Crippen LogP contribution in [0, 0.1) is 0 Å². The van der Waals surface area contributed by atoms with Crippen molar-refractivity contribution in [1.82, 2.24) is 15.0 Å². The summed E-state index contributed by atoms with van der Waals surface area (Å²) < 4.78 is 4.23. The van der Waals surface area contributed by atoms with Crippen LogP contribution in [0.2, 0.25) is 0 Å². The van der Waals surface area contributed by atoms with Crippen molar-refractivity contribution >= 4 is 11.8 Å². The van der Waals surface area contributed by atoms with Crippen molar-refractivity contribution in [2.24, 2.45) is 0 Å². The van der Waals surface area contributed by atoms with Gasteiger partial charge in [-0.25, -0.2) is 9.63 Å². The second-order valence-corrected chi connectivity index (χ2v) is 1.94. The van der Waals surface area contributed by atoms with Crippen LogP contribution in [-0.4, -0.2) is 16.7 Å². The highest BCUT2D eigenvalue weighted by molar-refractivity contribution is 6.13. The van der Waals surface area contributed by atoms with Gasteiger partial charge in [0.2, 0.25) is 0 Å². The molecule has 0 atom stereocenters. The van der Waals surface area contributed by atoms with E-state index in [4.69, 9.17) is 11.8 Å². The van der Waals surface area contributed by atoms with Gasteiger partial charge in [0.05, 0.1) is 0 Å². The topological polar surface area (TPSA) is 70.9 Å². The van der Waals surface area contributed by atoms with Crippen molar-refractivity contribution in [3.63, 3.8) is 0 Å². The van der Waals surface area contributed by atoms with Gasteiger partial charge in [-0.15, -0.1) is 0 Å². The molecule has 0 amide bonds. The highest BCUT2D eigenvalue weighted by atomic mass is 35.5. The van der Waals surface area contributed by atoms with E-state index in [1.165, 1.54) is 0 Å². The summed E-state index contributed by atoms with van der Waals surface area (Å²) in [5, 5.41) is 3.41. The minimum Gasteiger partial charge on any atom is -0.296 e. The quantitative estimate of drug-likeness (QED) is 0.598. The van der Waals surface area contributed by atoms with Gasteiger partial charge in [-0.2, -0.15) is 0 Å². The zero-order valence-electron chi connectivity index (χ0n) is 5.06. The number of halogens is 1. The maximum absolute atomic E-state index is 10.3. The van der Waals surface area contributed by atoms with Crippen LogP contribution in [0.25, 0.3) is 0 Å². The molecule has 0 unspecified atom stereocenters. The molecule has 0 aromatic carbocycles. The predicted octanol–water partition coefficient (Wildman–Crippen LogP) is -0.351. The average molecular weight is 164 g/mol. The molecule has 56 valence electrons. The van der Waals surface area contributed by atoms with Crippen LogP contribution in [0.3, 0.4) is 0 Å². The van der Waals surface area contributed by atoms with E-state index in [1.54, 1.807) is 0 Å². The summed E-state index contributed by atoms with van der Waals surface area (Å²) in [5.41, 5.74) is 0. The van der Waals surface area contributed by atoms with Crippen molar-refractivity contribution in [3.8, 4) is 0 Å². The Morgan fingerprint density at radius 1 is 1.80 bits per heavy atom. The van der Waals surface area contributed by atoms with Crippen molar-refractivity contribution in [2.75, 3.05) is 6.54 Å². The first-order chi connectivity index (χ1) is 4.83. The Morgan fingerprint density at radius 3 is 3.10 bits per heavy atom. The van der Waals surface area contributed by atoms with Crippen molar-refractivity contribution < 1.29 is 4.52 Å². The first-order valence-electron chi connectivity index (χ1n) is 2.71. The predicted molar refractivity (Wildman–Crippen MR) is 34.7 cm³/mol. The molecule has 10 heavy (non-hydrogen) atoms. The number of nitrogens with zero attached hydrogens (tertiary/aromatic N) is 1. The van der Waals surface area contributed by atoms with Crippen molar-refractivity contribution in [3.05, 3.63) is 16.4 Å². The fraction of sp³-hybridized carbons (Fsp3) is 0.500. The first kappa shape index (κ1) is 7.30. The number of hydrogen-bond donors (Lipinski definition) is 2. The lowest BCUT2D eigenvalue weighted by Gasteiger charge is -1.88. The molecule has 0 radical (unpaired) electrons. The molecular formula is C4H6ClN3O2. The molecule has 0 aliphatic rings. The van der Waals surface area contributed by atoms with Crippen molar-refractivity contribution in [2.45, 2.75) is 6.42 Å². The lowest BCUT2D eigenvalue weighted by Crippen LogP contribution is -2.06. The van der Waals surface area contributed by atoms with Crippen LogP contribution in [0.5, 0.6) is 0 Å². The van der Waals surface area contributed by atoms with E-state index in [0.29, 0.717) is 18.8 Å². The second-order valence-electron chi connectivity index (χ2n) is 1.68. The van der Waals surface area contributed by atoms with Crippen LogP contribution >= 0.6 is 11.8 Å². The molecule has 0 bridgehead atoms. The van der Waals surface area contributed by atoms with E-state index in [2.05, 4.69) is 19.5 Å². The zero-order valence-corrected chi connectivity index (χ0v) is 5.81. The molecular weight excluding hydrogens is 158 g/mol. The van der Waals surface area contributed by atoms with Gasteiger partial charge in [-0.05, 0) is 11.8 Å². The van der Waals surface area contributed by atoms with Crippen LogP contribution < -0.4 is 10.6 Å². The molecule has 5 nitrogen and oxygen atoms in total. The molecule has 1 rings (SSSR count). The van der Waals surface area contributed by atoms with Crippen LogP contribution in [0.4, 0.5) is 0 Å². The monoisotopic (exact) mass is 163 g/mol. The van der Waals surface area contributed by atoms with E-state index in [0.717, 1.165) is 0 Å². The Labute approximate surface area is 61.5 Å². The molecule has 1 aromatic rings. The minimum absolute atomic E-state index is 0.498. The Kier molecular flexibility index (Phi) is 2.47. The number of rotatable bonds is 3. The number of aromatic nitrogens is 2. The average Bonchev–Trinajstić information content (AvgIpc) is 2.31. The number of H-pyrrole nitrogens is 1. The van der Waals surface area contributed by atoms with Gasteiger partial charge in [0, 0.05) is 13.0 Å². The summed E-state index contributed by atoms with van der Waals surface area (Å²) in [5.74, 6) is -0.0391. The highest BCUT2D eigenvalue weighted by Gasteiger charge is 1.97. The zero-order chi connectivity index (χ0) is 7.40. The fourth-order valence-electron chi connectivity index (χ4n) is 0.534. The van der Waals surface area contributed by atoms with Crippen LogP contribution in [0.1, 0.15) is 5.82 Å². The summed E-state index contributed by atoms with van der Waals surface area (Å²) in [7, 11) is 0. The largest absolute Gasteiger partial charge is 0.438 e. The number of nitrogens with one attached hydrogen (secondary N) is 2. The molecule has 0 aliphatic carbocycles. The number of aromatic amines is 1. The second kappa shape index (κ2) is 3.38. The maximum Gasteiger partial charge on any atom is 0.438 e. The molecule has 6 heteroatoms. The molecule has 0 aliphatic heterocycles. The van der Waals surface area contributed by atoms with Gasteiger partial charge in [-0.1, -0.05) is 5.16 Å². The lowest BCUT2D eigenvalue weighted by atomic mass is 10.4. The van der Waals surface area contributed by atoms with E-state index in [1.807, 2.05) is 0 Å². The fourth-order valence-corrected chi connectivity index (χ4v) is 0.628. The molecule has 1 heterocycles. The van der Waals surface area contributed by atoms with E-state index >= 15 is 0 Å². The first-order valence-corrected chi connectivity index (χ1v) is 3.09. The minimum atomic E-state index is -0.537. The highest BCUT2D eigenvalue weighted by Crippen LogP contribution is 1.83. The molecule has 2 N–H and O–H groups in total. The third-order valence-corrected chi connectivity index (χ3v) is 1.13. The van der Waals surface area contributed by atoms with Gasteiger partial charge in [0.1, 0.15) is 0 Å². The van der Waals surface area contributed by atoms with E-state index < -0.39 is 5.76 Å². The molecule has 0 fully saturated rings. The Morgan fingerprint density at radius 2 is 2.60 bits per heavy atom. The third-order valence-electron chi connectivity index (χ3n) is 0.941. The maximum atomic E-state index is 10.3. The van der Waals surface area contributed by atoms with Crippen molar-refractivity contribution in [1.29, 1.82) is 0 Å².